The number of anilines is 1. The lowest BCUT2D eigenvalue weighted by atomic mass is 10.1. The number of hydrogen-bond acceptors (Lipinski definition) is 8. The van der Waals surface area contributed by atoms with E-state index >= 15 is 0 Å². The van der Waals surface area contributed by atoms with Crippen LogP contribution in [0.15, 0.2) is 22.1 Å². The number of hydrogen-bond donors (Lipinski definition) is 1. The molecule has 3 aromatic heterocycles. The summed E-state index contributed by atoms with van der Waals surface area (Å²) >= 11 is 4.42. The Morgan fingerprint density at radius 1 is 1.31 bits per heavy atom. The molecule has 0 unspecified atom stereocenters. The SMILES string of the molecule is CCCn1c(SCC(=O)Nc2nncs2)nnc1-c1csc(C(C)C)c1. The van der Waals surface area contributed by atoms with Crippen LogP contribution in [0.25, 0.3) is 11.4 Å². The van der Waals surface area contributed by atoms with Gasteiger partial charge in [-0.05, 0) is 18.4 Å². The van der Waals surface area contributed by atoms with E-state index in [1.807, 2.05) is 0 Å². The Hall–Kier alpha value is -1.78. The lowest BCUT2D eigenvalue weighted by molar-refractivity contribution is -0.113. The summed E-state index contributed by atoms with van der Waals surface area (Å²) in [6, 6.07) is 2.18. The van der Waals surface area contributed by atoms with E-state index < -0.39 is 0 Å². The highest BCUT2D eigenvalue weighted by Crippen LogP contribution is 2.31. The van der Waals surface area contributed by atoms with Crippen molar-refractivity contribution in [3.8, 4) is 11.4 Å². The summed E-state index contributed by atoms with van der Waals surface area (Å²) in [7, 11) is 0. The Bertz CT molecular complexity index is 855. The number of amides is 1. The molecule has 0 aliphatic heterocycles. The third-order valence-electron chi connectivity index (χ3n) is 3.55. The first-order valence-corrected chi connectivity index (χ1v) is 11.0. The largest absolute Gasteiger partial charge is 0.302 e. The predicted molar refractivity (Wildman–Crippen MR) is 107 cm³/mol. The number of aromatic nitrogens is 5. The van der Waals surface area contributed by atoms with E-state index in [0.717, 1.165) is 29.5 Å². The molecule has 10 heteroatoms. The Morgan fingerprint density at radius 2 is 2.15 bits per heavy atom. The number of carbonyl (C=O) groups excluding carboxylic acids is 1. The van der Waals surface area contributed by atoms with Crippen LogP contribution in [0.1, 0.15) is 38.0 Å². The standard InChI is InChI=1S/C16H20N6OS3/c1-4-5-22-14(11-6-12(10(2)3)24-7-11)19-21-16(22)25-8-13(23)18-15-20-17-9-26-15/h6-7,9-10H,4-5,8H2,1-3H3,(H,18,20,23). The molecular formula is C16H20N6OS3. The van der Waals surface area contributed by atoms with Gasteiger partial charge in [0.25, 0.3) is 0 Å². The minimum atomic E-state index is -0.128. The van der Waals surface area contributed by atoms with E-state index in [4.69, 9.17) is 0 Å². The number of rotatable bonds is 8. The Labute approximate surface area is 164 Å². The average molecular weight is 409 g/mol. The first-order chi connectivity index (χ1) is 12.6. The fourth-order valence-electron chi connectivity index (χ4n) is 2.32. The Balaban J connectivity index is 1.73. The molecule has 0 spiro atoms. The molecule has 0 aliphatic carbocycles. The maximum Gasteiger partial charge on any atom is 0.236 e. The van der Waals surface area contributed by atoms with Crippen molar-refractivity contribution in [2.24, 2.45) is 0 Å². The van der Waals surface area contributed by atoms with E-state index in [2.05, 4.69) is 62.5 Å². The highest BCUT2D eigenvalue weighted by atomic mass is 32.2. The molecule has 0 saturated heterocycles. The van der Waals surface area contributed by atoms with E-state index in [0.29, 0.717) is 11.0 Å². The third kappa shape index (κ3) is 4.49. The molecule has 1 amide bonds. The molecule has 0 radical (unpaired) electrons. The van der Waals surface area contributed by atoms with E-state index in [-0.39, 0.29) is 11.7 Å². The summed E-state index contributed by atoms with van der Waals surface area (Å²) < 4.78 is 2.09. The number of thiophene rings is 1. The van der Waals surface area contributed by atoms with Gasteiger partial charge in [-0.2, -0.15) is 0 Å². The van der Waals surface area contributed by atoms with Crippen molar-refractivity contribution < 1.29 is 4.79 Å². The Morgan fingerprint density at radius 3 is 2.81 bits per heavy atom. The highest BCUT2D eigenvalue weighted by Gasteiger charge is 2.17. The van der Waals surface area contributed by atoms with E-state index in [9.17, 15) is 4.79 Å². The van der Waals surface area contributed by atoms with Gasteiger partial charge in [0.15, 0.2) is 11.0 Å². The van der Waals surface area contributed by atoms with Crippen LogP contribution < -0.4 is 5.32 Å². The van der Waals surface area contributed by atoms with E-state index in [1.54, 1.807) is 16.8 Å². The van der Waals surface area contributed by atoms with Crippen molar-refractivity contribution in [2.75, 3.05) is 11.1 Å². The lowest BCUT2D eigenvalue weighted by Crippen LogP contribution is -2.14. The predicted octanol–water partition coefficient (Wildman–Crippen LogP) is 4.12. The second kappa shape index (κ2) is 8.74. The van der Waals surface area contributed by atoms with Gasteiger partial charge < -0.3 is 4.57 Å². The van der Waals surface area contributed by atoms with Crippen LogP contribution in [0, 0.1) is 0 Å². The topological polar surface area (TPSA) is 85.6 Å². The van der Waals surface area contributed by atoms with Gasteiger partial charge in [0.05, 0.1) is 5.75 Å². The molecule has 26 heavy (non-hydrogen) atoms. The molecular weight excluding hydrogens is 388 g/mol. The number of thioether (sulfide) groups is 1. The van der Waals surface area contributed by atoms with Crippen LogP contribution in [0.4, 0.5) is 5.13 Å². The summed E-state index contributed by atoms with van der Waals surface area (Å²) in [6.07, 6.45) is 0.969. The summed E-state index contributed by atoms with van der Waals surface area (Å²) in [6.45, 7) is 7.30. The zero-order valence-corrected chi connectivity index (χ0v) is 17.2. The minimum Gasteiger partial charge on any atom is -0.302 e. The van der Waals surface area contributed by atoms with Crippen molar-refractivity contribution in [1.29, 1.82) is 0 Å². The van der Waals surface area contributed by atoms with Crippen LogP contribution in [0.3, 0.4) is 0 Å². The maximum atomic E-state index is 12.1. The average Bonchev–Trinajstić information content (AvgIpc) is 3.34. The van der Waals surface area contributed by atoms with Gasteiger partial charge in [-0.3, -0.25) is 10.1 Å². The van der Waals surface area contributed by atoms with Crippen molar-refractivity contribution in [3.63, 3.8) is 0 Å². The first-order valence-electron chi connectivity index (χ1n) is 8.29. The molecule has 3 aromatic rings. The minimum absolute atomic E-state index is 0.128. The fourth-order valence-corrected chi connectivity index (χ4v) is 4.45. The molecule has 3 rings (SSSR count). The van der Waals surface area contributed by atoms with Crippen LogP contribution in [-0.4, -0.2) is 36.6 Å². The van der Waals surface area contributed by atoms with Crippen molar-refractivity contribution in [2.45, 2.75) is 44.8 Å². The first kappa shape index (κ1) is 19.0. The van der Waals surface area contributed by atoms with Gasteiger partial charge in [-0.25, -0.2) is 0 Å². The monoisotopic (exact) mass is 408 g/mol. The van der Waals surface area contributed by atoms with Crippen molar-refractivity contribution in [1.82, 2.24) is 25.0 Å². The number of nitrogens with one attached hydrogen (secondary N) is 1. The summed E-state index contributed by atoms with van der Waals surface area (Å²) in [5, 5.41) is 22.3. The molecule has 0 bridgehead atoms. The van der Waals surface area contributed by atoms with Gasteiger partial charge in [-0.1, -0.05) is 43.9 Å². The van der Waals surface area contributed by atoms with Gasteiger partial charge in [0.2, 0.25) is 11.0 Å². The molecule has 7 nitrogen and oxygen atoms in total. The third-order valence-corrected chi connectivity index (χ3v) is 6.36. The van der Waals surface area contributed by atoms with Crippen molar-refractivity contribution >= 4 is 45.5 Å². The molecule has 138 valence electrons. The smallest absolute Gasteiger partial charge is 0.236 e. The van der Waals surface area contributed by atoms with E-state index in [1.165, 1.54) is 28.0 Å². The molecule has 0 fully saturated rings. The van der Waals surface area contributed by atoms with Crippen molar-refractivity contribution in [3.05, 3.63) is 21.8 Å². The second-order valence-electron chi connectivity index (χ2n) is 5.93. The molecule has 0 aromatic carbocycles. The summed E-state index contributed by atoms with van der Waals surface area (Å²) in [5.41, 5.74) is 2.67. The highest BCUT2D eigenvalue weighted by molar-refractivity contribution is 7.99. The zero-order chi connectivity index (χ0) is 18.5. The molecule has 0 atom stereocenters. The van der Waals surface area contributed by atoms with Crippen LogP contribution in [-0.2, 0) is 11.3 Å². The van der Waals surface area contributed by atoms with Crippen LogP contribution in [0.5, 0.6) is 0 Å². The summed E-state index contributed by atoms with van der Waals surface area (Å²) in [5.74, 6) is 1.48. The second-order valence-corrected chi connectivity index (χ2v) is 8.65. The fraction of sp³-hybridized carbons (Fsp3) is 0.438. The van der Waals surface area contributed by atoms with Gasteiger partial charge >= 0.3 is 0 Å². The van der Waals surface area contributed by atoms with Crippen LogP contribution in [0.2, 0.25) is 0 Å². The van der Waals surface area contributed by atoms with Gasteiger partial charge in [0, 0.05) is 22.4 Å². The van der Waals surface area contributed by atoms with Gasteiger partial charge in [-0.15, -0.1) is 31.7 Å². The molecule has 1 N–H and O–H groups in total. The summed E-state index contributed by atoms with van der Waals surface area (Å²) in [4.78, 5) is 13.4. The zero-order valence-electron chi connectivity index (χ0n) is 14.8. The number of carbonyl (C=O) groups is 1. The normalized spacial score (nSPS) is 11.2. The molecule has 3 heterocycles. The molecule has 0 aliphatic rings. The van der Waals surface area contributed by atoms with Gasteiger partial charge in [0.1, 0.15) is 5.51 Å². The quantitative estimate of drug-likeness (QED) is 0.564. The lowest BCUT2D eigenvalue weighted by Gasteiger charge is -2.08. The maximum absolute atomic E-state index is 12.1. The molecule has 0 saturated carbocycles. The van der Waals surface area contributed by atoms with Crippen LogP contribution >= 0.6 is 34.4 Å². The number of nitrogens with zero attached hydrogens (tertiary/aromatic N) is 5. The Kier molecular flexibility index (Phi) is 6.38.